The van der Waals surface area contributed by atoms with Gasteiger partial charge < -0.3 is 20.5 Å². The minimum absolute atomic E-state index is 0.225. The third-order valence-electron chi connectivity index (χ3n) is 10.6. The topological polar surface area (TPSA) is 125 Å². The monoisotopic (exact) mass is 735 g/mol. The number of nitrogens with one attached hydrogen (secondary N) is 2. The quantitative estimate of drug-likeness (QED) is 0.118. The van der Waals surface area contributed by atoms with E-state index in [1.54, 1.807) is 12.1 Å². The summed E-state index contributed by atoms with van der Waals surface area (Å²) in [5.41, 5.74) is 6.61. The molecule has 2 aliphatic rings. The lowest BCUT2D eigenvalue weighted by Gasteiger charge is -2.38. The lowest BCUT2D eigenvalue weighted by molar-refractivity contribution is -0.143. The highest BCUT2D eigenvalue weighted by Gasteiger charge is 2.31. The van der Waals surface area contributed by atoms with Crippen molar-refractivity contribution in [1.82, 2.24) is 4.90 Å². The van der Waals surface area contributed by atoms with Crippen molar-refractivity contribution in [1.29, 1.82) is 0 Å². The molecule has 0 saturated heterocycles. The molecule has 1 saturated carbocycles. The van der Waals surface area contributed by atoms with E-state index < -0.39 is 5.97 Å². The first-order chi connectivity index (χ1) is 25.6. The summed E-state index contributed by atoms with van der Waals surface area (Å²) in [6.45, 7) is 5.00. The van der Waals surface area contributed by atoms with Gasteiger partial charge in [0.2, 0.25) is 0 Å². The third-order valence-corrected chi connectivity index (χ3v) is 11.9. The van der Waals surface area contributed by atoms with Gasteiger partial charge in [0, 0.05) is 34.8 Å². The van der Waals surface area contributed by atoms with Crippen LogP contribution in [-0.2, 0) is 41.8 Å². The molecule has 1 heterocycles. The number of aliphatic carboxylic acids is 1. The molecule has 1 fully saturated rings. The first kappa shape index (κ1) is 37.9. The zero-order valence-corrected chi connectivity index (χ0v) is 31.6. The van der Waals surface area contributed by atoms with Crippen LogP contribution in [0.3, 0.4) is 0 Å². The van der Waals surface area contributed by atoms with Gasteiger partial charge in [-0.1, -0.05) is 36.4 Å². The molecule has 2 aliphatic carbocycles. The molecule has 3 N–H and O–H groups in total. The SMILES string of the molecule is COC(=O)c1ccc(CCc2ccc(NC(=O)c3c(NC(=O)c4cccc(CN(C(C)C)[C@H]5CC[C@@H](C(=O)O)CC5)c4)sc4c3CCCC4)cc2)cc1. The van der Waals surface area contributed by atoms with E-state index in [4.69, 9.17) is 4.74 Å². The van der Waals surface area contributed by atoms with E-state index in [9.17, 15) is 24.3 Å². The molecule has 1 aromatic heterocycles. The number of amides is 2. The van der Waals surface area contributed by atoms with Crippen LogP contribution in [0.1, 0.15) is 111 Å². The van der Waals surface area contributed by atoms with Crippen molar-refractivity contribution in [3.05, 3.63) is 117 Å². The van der Waals surface area contributed by atoms with Gasteiger partial charge in [0.25, 0.3) is 11.8 Å². The van der Waals surface area contributed by atoms with Gasteiger partial charge in [-0.05, 0) is 137 Å². The highest BCUT2D eigenvalue weighted by Crippen LogP contribution is 2.39. The summed E-state index contributed by atoms with van der Waals surface area (Å²) < 4.78 is 4.78. The predicted molar refractivity (Wildman–Crippen MR) is 209 cm³/mol. The van der Waals surface area contributed by atoms with Crippen LogP contribution < -0.4 is 10.6 Å². The summed E-state index contributed by atoms with van der Waals surface area (Å²) in [6.07, 6.45) is 8.46. The van der Waals surface area contributed by atoms with Crippen LogP contribution in [0.2, 0.25) is 0 Å². The highest BCUT2D eigenvalue weighted by atomic mass is 32.1. The maximum Gasteiger partial charge on any atom is 0.337 e. The second-order valence-corrected chi connectivity index (χ2v) is 15.6. The number of rotatable bonds is 13. The summed E-state index contributed by atoms with van der Waals surface area (Å²) in [5.74, 6) is -1.78. The van der Waals surface area contributed by atoms with E-state index in [1.807, 2.05) is 60.7 Å². The number of carboxylic acids is 1. The summed E-state index contributed by atoms with van der Waals surface area (Å²) >= 11 is 1.51. The Bertz CT molecular complexity index is 1930. The average Bonchev–Trinajstić information content (AvgIpc) is 3.54. The molecule has 2 amide bonds. The van der Waals surface area contributed by atoms with Crippen molar-refractivity contribution >= 4 is 45.8 Å². The lowest BCUT2D eigenvalue weighted by atomic mass is 9.85. The van der Waals surface area contributed by atoms with Gasteiger partial charge in [-0.25, -0.2) is 4.79 Å². The molecule has 6 rings (SSSR count). The normalized spacial score (nSPS) is 16.9. The number of carboxylic acid groups (broad SMARTS) is 1. The zero-order valence-electron chi connectivity index (χ0n) is 30.8. The lowest BCUT2D eigenvalue weighted by Crippen LogP contribution is -2.42. The van der Waals surface area contributed by atoms with Crippen LogP contribution in [0.15, 0.2) is 72.8 Å². The number of carbonyl (C=O) groups excluding carboxylic acids is 3. The van der Waals surface area contributed by atoms with Crippen molar-refractivity contribution < 1.29 is 29.0 Å². The van der Waals surface area contributed by atoms with E-state index in [0.29, 0.717) is 52.8 Å². The Hall–Kier alpha value is -4.80. The highest BCUT2D eigenvalue weighted by molar-refractivity contribution is 7.17. The van der Waals surface area contributed by atoms with Crippen molar-refractivity contribution in [2.45, 2.75) is 96.7 Å². The Balaban J connectivity index is 1.11. The van der Waals surface area contributed by atoms with Gasteiger partial charge >= 0.3 is 11.9 Å². The van der Waals surface area contributed by atoms with Gasteiger partial charge in [0.15, 0.2) is 0 Å². The van der Waals surface area contributed by atoms with Gasteiger partial charge in [-0.2, -0.15) is 0 Å². The van der Waals surface area contributed by atoms with Gasteiger partial charge in [0.1, 0.15) is 5.00 Å². The fourth-order valence-corrected chi connectivity index (χ4v) is 8.92. The molecular weight excluding hydrogens is 687 g/mol. The Morgan fingerprint density at radius 1 is 0.811 bits per heavy atom. The standard InChI is InChI=1S/C43H49N3O6S/c1-27(2)46(35-23-19-31(20-24-35)42(49)50)26-30-7-6-8-33(25-30)39(47)45-41-38(36-9-4-5-10-37(36)53-41)40(48)44-34-21-15-29(16-22-34)12-11-28-13-17-32(18-14-28)43(51)52-3/h6-8,13-18,21-22,25,27,31,35H,4-5,9-12,19-20,23-24,26H2,1-3H3,(H,44,48)(H,45,47)(H,49,50)/t31-,35+. The Morgan fingerprint density at radius 2 is 1.47 bits per heavy atom. The van der Waals surface area contributed by atoms with Gasteiger partial charge in [-0.3, -0.25) is 19.3 Å². The molecule has 53 heavy (non-hydrogen) atoms. The molecule has 0 atom stereocenters. The van der Waals surface area contributed by atoms with Gasteiger partial charge in [0.05, 0.1) is 24.2 Å². The molecule has 0 spiro atoms. The van der Waals surface area contributed by atoms with E-state index in [0.717, 1.165) is 78.5 Å². The molecule has 278 valence electrons. The molecular formula is C43H49N3O6S. The molecule has 10 heteroatoms. The van der Waals surface area contributed by atoms with Crippen LogP contribution in [-0.4, -0.2) is 53.0 Å². The minimum atomic E-state index is -0.700. The number of ether oxygens (including phenoxy) is 1. The Kier molecular flexibility index (Phi) is 12.4. The van der Waals surface area contributed by atoms with Crippen molar-refractivity contribution in [2.24, 2.45) is 5.92 Å². The van der Waals surface area contributed by atoms with E-state index in [-0.39, 0.29) is 29.7 Å². The van der Waals surface area contributed by atoms with Crippen LogP contribution in [0, 0.1) is 5.92 Å². The largest absolute Gasteiger partial charge is 0.481 e. The van der Waals surface area contributed by atoms with E-state index in [2.05, 4.69) is 29.4 Å². The van der Waals surface area contributed by atoms with Gasteiger partial charge in [-0.15, -0.1) is 11.3 Å². The first-order valence-electron chi connectivity index (χ1n) is 18.7. The number of benzene rings is 3. The number of anilines is 2. The molecule has 0 aliphatic heterocycles. The predicted octanol–water partition coefficient (Wildman–Crippen LogP) is 8.56. The number of thiophene rings is 1. The fraction of sp³-hybridized carbons (Fsp3) is 0.395. The van der Waals surface area contributed by atoms with Crippen molar-refractivity contribution in [3.8, 4) is 0 Å². The van der Waals surface area contributed by atoms with Crippen molar-refractivity contribution in [2.75, 3.05) is 17.7 Å². The number of hydrogen-bond acceptors (Lipinski definition) is 7. The van der Waals surface area contributed by atoms with Crippen LogP contribution in [0.4, 0.5) is 10.7 Å². The van der Waals surface area contributed by atoms with Crippen molar-refractivity contribution in [3.63, 3.8) is 0 Å². The number of hydrogen-bond donors (Lipinski definition) is 3. The van der Waals surface area contributed by atoms with Crippen LogP contribution in [0.5, 0.6) is 0 Å². The molecule has 0 bridgehead atoms. The molecule has 0 unspecified atom stereocenters. The van der Waals surface area contributed by atoms with E-state index in [1.165, 1.54) is 18.4 Å². The second-order valence-electron chi connectivity index (χ2n) is 14.5. The molecule has 4 aromatic rings. The number of esters is 1. The molecule has 9 nitrogen and oxygen atoms in total. The number of aryl methyl sites for hydroxylation is 3. The second kappa shape index (κ2) is 17.4. The van der Waals surface area contributed by atoms with Crippen LogP contribution in [0.25, 0.3) is 0 Å². The number of fused-ring (bicyclic) bond motifs is 1. The number of nitrogens with zero attached hydrogens (tertiary/aromatic N) is 1. The average molecular weight is 736 g/mol. The minimum Gasteiger partial charge on any atom is -0.481 e. The Morgan fingerprint density at radius 3 is 2.11 bits per heavy atom. The summed E-state index contributed by atoms with van der Waals surface area (Å²) in [6, 6.07) is 23.5. The third kappa shape index (κ3) is 9.42. The number of methoxy groups -OCH3 is 1. The zero-order chi connectivity index (χ0) is 37.5. The summed E-state index contributed by atoms with van der Waals surface area (Å²) in [5, 5.41) is 16.2. The smallest absolute Gasteiger partial charge is 0.337 e. The maximum atomic E-state index is 13.9. The Labute approximate surface area is 315 Å². The number of carbonyl (C=O) groups is 4. The molecule has 3 aromatic carbocycles. The maximum absolute atomic E-state index is 13.9. The van der Waals surface area contributed by atoms with E-state index >= 15 is 0 Å². The molecule has 0 radical (unpaired) electrons. The summed E-state index contributed by atoms with van der Waals surface area (Å²) in [4.78, 5) is 54.5. The van der Waals surface area contributed by atoms with Crippen LogP contribution >= 0.6 is 11.3 Å². The summed E-state index contributed by atoms with van der Waals surface area (Å²) in [7, 11) is 1.37. The first-order valence-corrected chi connectivity index (χ1v) is 19.5. The fourth-order valence-electron chi connectivity index (χ4n) is 7.64.